The smallest absolute Gasteiger partial charge is 0.270 e. The van der Waals surface area contributed by atoms with Gasteiger partial charge in [0, 0.05) is 45.0 Å². The second-order valence-electron chi connectivity index (χ2n) is 10.3. The molecule has 0 aliphatic carbocycles. The number of hydrogen-bond acceptors (Lipinski definition) is 7. The Labute approximate surface area is 246 Å². The predicted octanol–water partition coefficient (Wildman–Crippen LogP) is 5.53. The summed E-state index contributed by atoms with van der Waals surface area (Å²) < 4.78 is 7.70. The molecule has 0 bridgehead atoms. The van der Waals surface area contributed by atoms with Gasteiger partial charge in [-0.15, -0.1) is 0 Å². The fourth-order valence-corrected chi connectivity index (χ4v) is 6.80. The van der Waals surface area contributed by atoms with Crippen LogP contribution in [0, 0.1) is 24.2 Å². The van der Waals surface area contributed by atoms with Crippen molar-refractivity contribution in [1.29, 1.82) is 5.26 Å². The van der Waals surface area contributed by atoms with Crippen LogP contribution in [0.1, 0.15) is 61.8 Å². The average molecular weight is 579 g/mol. The van der Waals surface area contributed by atoms with Crippen LogP contribution in [0.25, 0.3) is 6.08 Å². The molecule has 2 fully saturated rings. The molecule has 2 aliphatic heterocycles. The van der Waals surface area contributed by atoms with Crippen LogP contribution >= 0.6 is 24.0 Å². The number of thiocarbonyl (C=S) groups is 1. The molecule has 1 aromatic carbocycles. The van der Waals surface area contributed by atoms with Crippen molar-refractivity contribution in [3.05, 3.63) is 67.8 Å². The second-order valence-corrected chi connectivity index (χ2v) is 12.0. The zero-order valence-corrected chi connectivity index (χ0v) is 25.3. The van der Waals surface area contributed by atoms with E-state index >= 15 is 0 Å². The first-order valence-corrected chi connectivity index (χ1v) is 15.4. The lowest BCUT2D eigenvalue weighted by Crippen LogP contribution is -2.40. The number of amides is 1. The van der Waals surface area contributed by atoms with E-state index in [9.17, 15) is 14.9 Å². The highest BCUT2D eigenvalue weighted by molar-refractivity contribution is 8.26. The number of anilines is 1. The molecule has 0 spiro atoms. The van der Waals surface area contributed by atoms with Crippen molar-refractivity contribution >= 4 is 46.1 Å². The zero-order valence-electron chi connectivity index (χ0n) is 23.6. The van der Waals surface area contributed by atoms with Gasteiger partial charge < -0.3 is 9.64 Å². The van der Waals surface area contributed by atoms with Crippen LogP contribution in [-0.2, 0) is 22.5 Å². The van der Waals surface area contributed by atoms with E-state index in [2.05, 4.69) is 35.2 Å². The summed E-state index contributed by atoms with van der Waals surface area (Å²) >= 11 is 6.83. The van der Waals surface area contributed by atoms with Gasteiger partial charge in [0.2, 0.25) is 0 Å². The van der Waals surface area contributed by atoms with E-state index in [1.54, 1.807) is 9.47 Å². The first kappa shape index (κ1) is 30.0. The van der Waals surface area contributed by atoms with Gasteiger partial charge in [0.15, 0.2) is 0 Å². The summed E-state index contributed by atoms with van der Waals surface area (Å²) in [4.78, 5) is 31.3. The second kappa shape index (κ2) is 14.1. The topological polar surface area (TPSA) is 78.6 Å². The van der Waals surface area contributed by atoms with Gasteiger partial charge in [-0.25, -0.2) is 0 Å². The molecule has 0 unspecified atom stereocenters. The molecule has 4 rings (SSSR count). The molecule has 2 aromatic rings. The van der Waals surface area contributed by atoms with Crippen molar-refractivity contribution in [2.24, 2.45) is 5.92 Å². The number of carbonyl (C=O) groups excluding carboxylic acids is 1. The highest BCUT2D eigenvalue weighted by atomic mass is 32.2. The number of benzene rings is 1. The number of pyridine rings is 1. The fraction of sp³-hybridized carbons (Fsp3) is 0.484. The Balaban J connectivity index is 1.67. The number of nitriles is 1. The summed E-state index contributed by atoms with van der Waals surface area (Å²) in [5.74, 6) is 1.24. The number of carbonyl (C=O) groups is 1. The lowest BCUT2D eigenvalue weighted by molar-refractivity contribution is -0.122. The SMILES string of the molecule is CCCn1c(N2CCC(Cc3ccccc3)CC2)c(C=C2SC(=S)N(CCCOCC)C2=O)c(C)c(C#N)c1=O. The first-order valence-electron chi connectivity index (χ1n) is 14.2. The number of aromatic nitrogens is 1. The van der Waals surface area contributed by atoms with Crippen LogP contribution in [0.2, 0.25) is 0 Å². The third kappa shape index (κ3) is 6.68. The van der Waals surface area contributed by atoms with E-state index < -0.39 is 0 Å². The van der Waals surface area contributed by atoms with E-state index in [1.807, 2.05) is 32.9 Å². The fourth-order valence-electron chi connectivity index (χ4n) is 5.51. The third-order valence-electron chi connectivity index (χ3n) is 7.60. The molecule has 212 valence electrons. The van der Waals surface area contributed by atoms with Crippen LogP contribution in [0.15, 0.2) is 40.0 Å². The van der Waals surface area contributed by atoms with Gasteiger partial charge in [-0.3, -0.25) is 19.1 Å². The highest BCUT2D eigenvalue weighted by Crippen LogP contribution is 2.37. The monoisotopic (exact) mass is 578 g/mol. The molecule has 0 saturated carbocycles. The summed E-state index contributed by atoms with van der Waals surface area (Å²) in [5, 5.41) is 9.92. The minimum atomic E-state index is -0.260. The molecule has 0 radical (unpaired) electrons. The largest absolute Gasteiger partial charge is 0.382 e. The van der Waals surface area contributed by atoms with E-state index in [1.165, 1.54) is 17.3 Å². The van der Waals surface area contributed by atoms with Crippen LogP contribution in [0.5, 0.6) is 0 Å². The van der Waals surface area contributed by atoms with Gasteiger partial charge >= 0.3 is 0 Å². The van der Waals surface area contributed by atoms with Crippen molar-refractivity contribution in [3.63, 3.8) is 0 Å². The zero-order chi connectivity index (χ0) is 28.6. The van der Waals surface area contributed by atoms with Gasteiger partial charge in [-0.05, 0) is 69.1 Å². The molecular formula is C31H38N4O3S2. The Morgan fingerprint density at radius 3 is 2.52 bits per heavy atom. The van der Waals surface area contributed by atoms with Crippen molar-refractivity contribution < 1.29 is 9.53 Å². The Morgan fingerprint density at radius 1 is 1.15 bits per heavy atom. The maximum absolute atomic E-state index is 13.5. The van der Waals surface area contributed by atoms with Gasteiger partial charge in [0.1, 0.15) is 21.8 Å². The Kier molecular flexibility index (Phi) is 10.6. The summed E-state index contributed by atoms with van der Waals surface area (Å²) in [5.41, 5.74) is 2.60. The van der Waals surface area contributed by atoms with Crippen LogP contribution in [0.4, 0.5) is 5.82 Å². The van der Waals surface area contributed by atoms with Gasteiger partial charge in [-0.1, -0.05) is 61.2 Å². The summed E-state index contributed by atoms with van der Waals surface area (Å²) in [6, 6.07) is 12.7. The minimum Gasteiger partial charge on any atom is -0.382 e. The lowest BCUT2D eigenvalue weighted by atomic mass is 9.90. The summed E-state index contributed by atoms with van der Waals surface area (Å²) in [6.45, 7) is 9.63. The number of ether oxygens (including phenoxy) is 1. The number of nitrogens with zero attached hydrogens (tertiary/aromatic N) is 4. The van der Waals surface area contributed by atoms with Gasteiger partial charge in [0.05, 0.1) is 4.91 Å². The molecule has 3 heterocycles. The van der Waals surface area contributed by atoms with E-state index in [4.69, 9.17) is 17.0 Å². The van der Waals surface area contributed by atoms with Crippen molar-refractivity contribution in [2.75, 3.05) is 37.7 Å². The standard InChI is InChI=1S/C31H38N4O3S2/c1-4-14-34-28(33-16-12-24(13-17-33)19-23-10-7-6-8-11-23)25(22(3)26(21-32)29(34)36)20-27-30(37)35(31(39)40-27)15-9-18-38-5-2/h6-8,10-11,20,24H,4-5,9,12-19H2,1-3H3. The lowest BCUT2D eigenvalue weighted by Gasteiger charge is -2.36. The van der Waals surface area contributed by atoms with Crippen LogP contribution in [-0.4, -0.2) is 52.5 Å². The average Bonchev–Trinajstić information content (AvgIpc) is 3.22. The molecule has 7 nitrogen and oxygen atoms in total. The molecule has 1 amide bonds. The number of thioether (sulfide) groups is 1. The van der Waals surface area contributed by atoms with Crippen LogP contribution in [0.3, 0.4) is 0 Å². The highest BCUT2D eigenvalue weighted by Gasteiger charge is 2.33. The van der Waals surface area contributed by atoms with Crippen molar-refractivity contribution in [3.8, 4) is 6.07 Å². The molecule has 40 heavy (non-hydrogen) atoms. The summed E-state index contributed by atoms with van der Waals surface area (Å²) in [7, 11) is 0. The van der Waals surface area contributed by atoms with Gasteiger partial charge in [0.25, 0.3) is 11.5 Å². The minimum absolute atomic E-state index is 0.134. The molecule has 2 saturated heterocycles. The molecule has 9 heteroatoms. The number of hydrogen-bond donors (Lipinski definition) is 0. The predicted molar refractivity (Wildman–Crippen MR) is 167 cm³/mol. The third-order valence-corrected chi connectivity index (χ3v) is 8.98. The maximum atomic E-state index is 13.5. The summed E-state index contributed by atoms with van der Waals surface area (Å²) in [6.07, 6.45) is 6.38. The Bertz CT molecular complexity index is 1360. The van der Waals surface area contributed by atoms with Crippen molar-refractivity contribution in [1.82, 2.24) is 9.47 Å². The first-order chi connectivity index (χ1) is 19.4. The molecule has 0 atom stereocenters. The van der Waals surface area contributed by atoms with Crippen molar-refractivity contribution in [2.45, 2.75) is 59.4 Å². The van der Waals surface area contributed by atoms with Gasteiger partial charge in [-0.2, -0.15) is 5.26 Å². The van der Waals surface area contributed by atoms with E-state index in [-0.39, 0.29) is 17.0 Å². The van der Waals surface area contributed by atoms with Crippen LogP contribution < -0.4 is 10.5 Å². The normalized spacial score (nSPS) is 17.2. The maximum Gasteiger partial charge on any atom is 0.270 e. The molecular weight excluding hydrogens is 541 g/mol. The molecule has 1 aromatic heterocycles. The number of piperidine rings is 1. The molecule has 0 N–H and O–H groups in total. The molecule has 2 aliphatic rings. The Morgan fingerprint density at radius 2 is 1.88 bits per heavy atom. The van der Waals surface area contributed by atoms with E-state index in [0.717, 1.165) is 50.2 Å². The van der Waals surface area contributed by atoms with E-state index in [0.29, 0.717) is 53.4 Å². The quantitative estimate of drug-likeness (QED) is 0.197. The Hall–Kier alpha value is -2.93. The number of rotatable bonds is 11.